The summed E-state index contributed by atoms with van der Waals surface area (Å²) < 4.78 is 48.5. The number of carbonyl (C=O) groups is 2. The molecule has 1 aliphatic rings. The number of esters is 2. The predicted octanol–water partition coefficient (Wildman–Crippen LogP) is 4.48. The molecule has 11 nitrogen and oxygen atoms in total. The zero-order valence-electron chi connectivity index (χ0n) is 27.6. The first kappa shape index (κ1) is 34.9. The van der Waals surface area contributed by atoms with E-state index in [0.717, 1.165) is 16.9 Å². The summed E-state index contributed by atoms with van der Waals surface area (Å²) in [5, 5.41) is 0. The van der Waals surface area contributed by atoms with Crippen molar-refractivity contribution in [2.24, 2.45) is 4.99 Å². The van der Waals surface area contributed by atoms with Gasteiger partial charge >= 0.3 is 11.9 Å². The summed E-state index contributed by atoms with van der Waals surface area (Å²) in [4.78, 5) is 44.5. The van der Waals surface area contributed by atoms with Crippen LogP contribution in [-0.4, -0.2) is 50.5 Å². The van der Waals surface area contributed by atoms with E-state index in [2.05, 4.69) is 9.73 Å². The first-order chi connectivity index (χ1) is 23.7. The van der Waals surface area contributed by atoms with Crippen LogP contribution in [0.5, 0.6) is 23.0 Å². The predicted molar refractivity (Wildman–Crippen MR) is 179 cm³/mol. The van der Waals surface area contributed by atoms with E-state index >= 15 is 0 Å². The minimum atomic E-state index is -0.925. The number of benzene rings is 3. The summed E-state index contributed by atoms with van der Waals surface area (Å²) in [6, 6.07) is 15.3. The van der Waals surface area contributed by atoms with Gasteiger partial charge in [-0.3, -0.25) is 9.36 Å². The quantitative estimate of drug-likeness (QED) is 0.187. The molecule has 3 aromatic carbocycles. The van der Waals surface area contributed by atoms with Gasteiger partial charge in [0.25, 0.3) is 5.56 Å². The molecule has 1 aliphatic heterocycles. The van der Waals surface area contributed by atoms with Gasteiger partial charge in [-0.1, -0.05) is 41.7 Å². The highest BCUT2D eigenvalue weighted by atomic mass is 32.1. The van der Waals surface area contributed by atoms with E-state index < -0.39 is 23.5 Å². The molecular weight excluding hydrogens is 655 g/mol. The topological polar surface area (TPSA) is 124 Å². The fourth-order valence-electron chi connectivity index (χ4n) is 5.22. The molecule has 0 fully saturated rings. The fourth-order valence-corrected chi connectivity index (χ4v) is 6.26. The van der Waals surface area contributed by atoms with Crippen LogP contribution in [0.15, 0.2) is 81.7 Å². The molecule has 0 saturated heterocycles. The van der Waals surface area contributed by atoms with Crippen molar-refractivity contribution in [1.82, 2.24) is 4.57 Å². The third-order valence-corrected chi connectivity index (χ3v) is 8.47. The number of halogens is 1. The Morgan fingerprint density at radius 1 is 0.959 bits per heavy atom. The van der Waals surface area contributed by atoms with E-state index in [1.807, 2.05) is 0 Å². The third kappa shape index (κ3) is 7.67. The smallest absolute Gasteiger partial charge is 0.343 e. The normalized spacial score (nSPS) is 14.1. The van der Waals surface area contributed by atoms with Gasteiger partial charge in [0, 0.05) is 5.56 Å². The lowest BCUT2D eigenvalue weighted by atomic mass is 9.95. The number of aromatic nitrogens is 1. The number of thiazole rings is 1. The third-order valence-electron chi connectivity index (χ3n) is 7.49. The highest BCUT2D eigenvalue weighted by molar-refractivity contribution is 7.07. The standard InChI is InChI=1S/C36H35FN2O9S/c1-6-45-28-17-23(13-16-26(28)47-20-30(40)44-5)32-31(35(42)46-7-2)21(3)38-36-39(32)34(41)29(49-36)18-24-9-8-10-27(43-4)33(24)48-19-22-11-14-25(37)15-12-22/h8-18,32H,6-7,19-20H2,1-5H3/b29-18+/t32-/m0/s1. The van der Waals surface area contributed by atoms with Crippen molar-refractivity contribution in [3.63, 3.8) is 0 Å². The summed E-state index contributed by atoms with van der Waals surface area (Å²) in [5.74, 6) is -0.105. The number of carbonyl (C=O) groups excluding carboxylic acids is 2. The number of fused-ring (bicyclic) bond motifs is 1. The Labute approximate surface area is 285 Å². The number of hydrogen-bond donors (Lipinski definition) is 0. The van der Waals surface area contributed by atoms with Crippen LogP contribution in [0.25, 0.3) is 6.08 Å². The van der Waals surface area contributed by atoms with E-state index in [9.17, 15) is 18.8 Å². The van der Waals surface area contributed by atoms with Gasteiger partial charge in [0.2, 0.25) is 0 Å². The zero-order valence-corrected chi connectivity index (χ0v) is 28.4. The van der Waals surface area contributed by atoms with Crippen LogP contribution in [-0.2, 0) is 25.7 Å². The Bertz CT molecular complexity index is 2070. The summed E-state index contributed by atoms with van der Waals surface area (Å²) >= 11 is 1.15. The maximum Gasteiger partial charge on any atom is 0.343 e. The van der Waals surface area contributed by atoms with Crippen LogP contribution in [0.4, 0.5) is 4.39 Å². The molecule has 13 heteroatoms. The second-order valence-electron chi connectivity index (χ2n) is 10.6. The van der Waals surface area contributed by atoms with Gasteiger partial charge in [-0.05, 0) is 68.3 Å². The largest absolute Gasteiger partial charge is 0.493 e. The second kappa shape index (κ2) is 15.6. The summed E-state index contributed by atoms with van der Waals surface area (Å²) in [6.45, 7) is 5.38. The van der Waals surface area contributed by atoms with Gasteiger partial charge in [-0.2, -0.15) is 0 Å². The number of methoxy groups -OCH3 is 2. The first-order valence-electron chi connectivity index (χ1n) is 15.4. The summed E-state index contributed by atoms with van der Waals surface area (Å²) in [5.41, 5.74) is 2.02. The van der Waals surface area contributed by atoms with Crippen molar-refractivity contribution in [3.05, 3.63) is 114 Å². The van der Waals surface area contributed by atoms with Gasteiger partial charge in [-0.25, -0.2) is 19.0 Å². The fraction of sp³-hybridized carbons (Fsp3) is 0.278. The molecular formula is C36H35FN2O9S. The van der Waals surface area contributed by atoms with Crippen molar-refractivity contribution in [2.45, 2.75) is 33.4 Å². The van der Waals surface area contributed by atoms with Crippen LogP contribution < -0.4 is 33.8 Å². The maximum absolute atomic E-state index is 14.3. The molecule has 0 amide bonds. The molecule has 0 unspecified atom stereocenters. The molecule has 0 N–H and O–H groups in total. The molecule has 0 bridgehead atoms. The number of ether oxygens (including phenoxy) is 6. The summed E-state index contributed by atoms with van der Waals surface area (Å²) in [6.07, 6.45) is 1.68. The van der Waals surface area contributed by atoms with Gasteiger partial charge in [-0.15, -0.1) is 0 Å². The molecule has 0 saturated carbocycles. The lowest BCUT2D eigenvalue weighted by Gasteiger charge is -2.25. The van der Waals surface area contributed by atoms with Crippen molar-refractivity contribution >= 4 is 29.4 Å². The van der Waals surface area contributed by atoms with Crippen LogP contribution in [0.3, 0.4) is 0 Å². The average Bonchev–Trinajstić information content (AvgIpc) is 3.40. The first-order valence-corrected chi connectivity index (χ1v) is 16.2. The Hall–Kier alpha value is -5.43. The molecule has 2 heterocycles. The Morgan fingerprint density at radius 3 is 2.43 bits per heavy atom. The number of allylic oxidation sites excluding steroid dienone is 1. The van der Waals surface area contributed by atoms with E-state index in [1.54, 1.807) is 75.4 Å². The van der Waals surface area contributed by atoms with Gasteiger partial charge < -0.3 is 28.4 Å². The Morgan fingerprint density at radius 2 is 1.73 bits per heavy atom. The van der Waals surface area contributed by atoms with E-state index in [4.69, 9.17) is 23.7 Å². The van der Waals surface area contributed by atoms with Crippen molar-refractivity contribution in [3.8, 4) is 23.0 Å². The number of rotatable bonds is 13. The molecule has 5 rings (SSSR count). The van der Waals surface area contributed by atoms with E-state index in [0.29, 0.717) is 43.4 Å². The molecule has 0 aliphatic carbocycles. The van der Waals surface area contributed by atoms with Crippen molar-refractivity contribution in [2.75, 3.05) is 34.0 Å². The second-order valence-corrected chi connectivity index (χ2v) is 11.6. The maximum atomic E-state index is 14.3. The minimum Gasteiger partial charge on any atom is -0.493 e. The number of nitrogens with zero attached hydrogens (tertiary/aromatic N) is 2. The van der Waals surface area contributed by atoms with Crippen molar-refractivity contribution < 1.29 is 42.4 Å². The number of para-hydroxylation sites is 1. The van der Waals surface area contributed by atoms with Crippen LogP contribution >= 0.6 is 11.3 Å². The molecule has 256 valence electrons. The molecule has 1 atom stereocenters. The summed E-state index contributed by atoms with van der Waals surface area (Å²) in [7, 11) is 2.77. The van der Waals surface area contributed by atoms with Crippen LogP contribution in [0.1, 0.15) is 43.5 Å². The Kier molecular flexibility index (Phi) is 11.1. The monoisotopic (exact) mass is 690 g/mol. The minimum absolute atomic E-state index is 0.119. The van der Waals surface area contributed by atoms with Crippen molar-refractivity contribution in [1.29, 1.82) is 0 Å². The van der Waals surface area contributed by atoms with Crippen LogP contribution in [0, 0.1) is 5.82 Å². The SMILES string of the molecule is CCOC(=O)C1=C(C)N=c2s/c(=C/c3cccc(OC)c3OCc3ccc(F)cc3)c(=O)n2[C@H]1c1ccc(OCC(=O)OC)c(OCC)c1. The van der Waals surface area contributed by atoms with E-state index in [-0.39, 0.29) is 43.6 Å². The lowest BCUT2D eigenvalue weighted by Crippen LogP contribution is -2.40. The lowest BCUT2D eigenvalue weighted by molar-refractivity contribution is -0.143. The highest BCUT2D eigenvalue weighted by Gasteiger charge is 2.34. The van der Waals surface area contributed by atoms with Gasteiger partial charge in [0.15, 0.2) is 34.4 Å². The van der Waals surface area contributed by atoms with Gasteiger partial charge in [0.05, 0.1) is 49.3 Å². The highest BCUT2D eigenvalue weighted by Crippen LogP contribution is 2.37. The average molecular weight is 691 g/mol. The molecule has 49 heavy (non-hydrogen) atoms. The molecule has 0 spiro atoms. The van der Waals surface area contributed by atoms with Gasteiger partial charge in [0.1, 0.15) is 12.4 Å². The van der Waals surface area contributed by atoms with E-state index in [1.165, 1.54) is 30.9 Å². The molecule has 0 radical (unpaired) electrons. The van der Waals surface area contributed by atoms with Crippen LogP contribution in [0.2, 0.25) is 0 Å². The molecule has 4 aromatic rings. The molecule has 1 aromatic heterocycles. The Balaban J connectivity index is 1.63. The number of hydrogen-bond acceptors (Lipinski definition) is 11. The zero-order chi connectivity index (χ0) is 35.1.